The fraction of sp³-hybridized carbons (Fsp3) is 0.667. The predicted octanol–water partition coefficient (Wildman–Crippen LogP) is 1.47. The number of hydrogen-bond acceptors (Lipinski definition) is 5. The predicted molar refractivity (Wildman–Crippen MR) is 96.8 cm³/mol. The molecule has 2 fully saturated rings. The molecule has 2 aliphatic rings. The Morgan fingerprint density at radius 3 is 2.64 bits per heavy atom. The van der Waals surface area contributed by atoms with Gasteiger partial charge in [0.2, 0.25) is 5.91 Å². The maximum Gasteiger partial charge on any atom is 0.223 e. The minimum Gasteiger partial charge on any atom is -0.336 e. The molecule has 2 aliphatic heterocycles. The molecule has 1 aromatic rings. The SMILES string of the molecule is CS(=O)(=O)CCN1C(=O)CCC12CCCN(Cc1ccncc1)CC2. The fourth-order valence-corrected chi connectivity index (χ4v) is 4.67. The van der Waals surface area contributed by atoms with Crippen molar-refractivity contribution in [2.45, 2.75) is 44.2 Å². The molecule has 1 amide bonds. The Hall–Kier alpha value is -1.47. The van der Waals surface area contributed by atoms with Crippen LogP contribution in [0.5, 0.6) is 0 Å². The number of carbonyl (C=O) groups is 1. The Morgan fingerprint density at radius 1 is 1.16 bits per heavy atom. The van der Waals surface area contributed by atoms with E-state index in [0.29, 0.717) is 13.0 Å². The minimum absolute atomic E-state index is 0.0568. The topological polar surface area (TPSA) is 70.6 Å². The van der Waals surface area contributed by atoms with E-state index in [9.17, 15) is 13.2 Å². The highest BCUT2D eigenvalue weighted by Crippen LogP contribution is 2.39. The van der Waals surface area contributed by atoms with Gasteiger partial charge < -0.3 is 4.90 Å². The van der Waals surface area contributed by atoms with E-state index in [2.05, 4.69) is 9.88 Å². The Balaban J connectivity index is 1.66. The molecule has 2 saturated heterocycles. The van der Waals surface area contributed by atoms with Crippen molar-refractivity contribution in [2.24, 2.45) is 0 Å². The second kappa shape index (κ2) is 7.41. The van der Waals surface area contributed by atoms with Gasteiger partial charge in [-0.15, -0.1) is 0 Å². The normalized spacial score (nSPS) is 25.5. The molecule has 0 aliphatic carbocycles. The maximum absolute atomic E-state index is 12.4. The van der Waals surface area contributed by atoms with E-state index in [0.717, 1.165) is 45.3 Å². The van der Waals surface area contributed by atoms with Gasteiger partial charge in [-0.3, -0.25) is 14.7 Å². The summed E-state index contributed by atoms with van der Waals surface area (Å²) in [5.41, 5.74) is 1.11. The van der Waals surface area contributed by atoms with Crippen molar-refractivity contribution in [2.75, 3.05) is 31.6 Å². The van der Waals surface area contributed by atoms with Gasteiger partial charge in [-0.25, -0.2) is 8.42 Å². The molecule has 3 rings (SSSR count). The van der Waals surface area contributed by atoms with E-state index in [1.807, 2.05) is 29.4 Å². The smallest absolute Gasteiger partial charge is 0.223 e. The van der Waals surface area contributed by atoms with Crippen LogP contribution in [0, 0.1) is 0 Å². The van der Waals surface area contributed by atoms with Crippen LogP contribution in [0.2, 0.25) is 0 Å². The summed E-state index contributed by atoms with van der Waals surface area (Å²) in [6.07, 6.45) is 9.21. The Morgan fingerprint density at radius 2 is 1.92 bits per heavy atom. The van der Waals surface area contributed by atoms with Crippen LogP contribution in [0.25, 0.3) is 0 Å². The van der Waals surface area contributed by atoms with Crippen molar-refractivity contribution in [3.05, 3.63) is 30.1 Å². The molecule has 138 valence electrons. The third kappa shape index (κ3) is 4.58. The average Bonchev–Trinajstić information content (AvgIpc) is 2.73. The largest absolute Gasteiger partial charge is 0.336 e. The van der Waals surface area contributed by atoms with Crippen LogP contribution in [0.1, 0.15) is 37.7 Å². The van der Waals surface area contributed by atoms with E-state index in [1.165, 1.54) is 11.8 Å². The second-order valence-electron chi connectivity index (χ2n) is 7.38. The standard InChI is InChI=1S/C18H27N3O3S/c1-25(23,24)14-13-21-17(22)3-7-18(21)6-2-11-20(12-8-18)15-16-4-9-19-10-5-16/h4-5,9-10H,2-3,6-8,11-15H2,1H3. The third-order valence-corrected chi connectivity index (χ3v) is 6.45. The van der Waals surface area contributed by atoms with E-state index >= 15 is 0 Å². The molecule has 1 atom stereocenters. The molecule has 1 spiro atoms. The Labute approximate surface area is 150 Å². The lowest BCUT2D eigenvalue weighted by Gasteiger charge is -2.38. The first kappa shape index (κ1) is 18.3. The van der Waals surface area contributed by atoms with E-state index < -0.39 is 9.84 Å². The minimum atomic E-state index is -3.06. The molecule has 1 unspecified atom stereocenters. The van der Waals surface area contributed by atoms with Crippen LogP contribution in [-0.4, -0.2) is 66.3 Å². The number of likely N-dealkylation sites (tertiary alicyclic amines) is 2. The van der Waals surface area contributed by atoms with E-state index in [-0.39, 0.29) is 17.2 Å². The average molecular weight is 365 g/mol. The summed E-state index contributed by atoms with van der Waals surface area (Å²) in [5, 5.41) is 0. The Kier molecular flexibility index (Phi) is 5.43. The molecule has 0 radical (unpaired) electrons. The monoisotopic (exact) mass is 365 g/mol. The van der Waals surface area contributed by atoms with Gasteiger partial charge in [0.1, 0.15) is 9.84 Å². The number of amides is 1. The zero-order valence-corrected chi connectivity index (χ0v) is 15.7. The van der Waals surface area contributed by atoms with Crippen molar-refractivity contribution < 1.29 is 13.2 Å². The van der Waals surface area contributed by atoms with Crippen LogP contribution in [0.4, 0.5) is 0 Å². The molecule has 0 bridgehead atoms. The molecule has 25 heavy (non-hydrogen) atoms. The van der Waals surface area contributed by atoms with Crippen molar-refractivity contribution in [3.8, 4) is 0 Å². The number of hydrogen-bond donors (Lipinski definition) is 0. The molecule has 6 nitrogen and oxygen atoms in total. The number of rotatable bonds is 5. The highest BCUT2D eigenvalue weighted by Gasteiger charge is 2.45. The van der Waals surface area contributed by atoms with E-state index in [4.69, 9.17) is 0 Å². The van der Waals surface area contributed by atoms with Gasteiger partial charge in [0.25, 0.3) is 0 Å². The molecular formula is C18H27N3O3S. The van der Waals surface area contributed by atoms with Gasteiger partial charge in [0, 0.05) is 50.2 Å². The quantitative estimate of drug-likeness (QED) is 0.790. The molecule has 7 heteroatoms. The first-order valence-corrected chi connectivity index (χ1v) is 11.0. The fourth-order valence-electron chi connectivity index (χ4n) is 4.15. The number of aromatic nitrogens is 1. The Bertz CT molecular complexity index is 708. The number of sulfone groups is 1. The van der Waals surface area contributed by atoms with Crippen LogP contribution < -0.4 is 0 Å². The van der Waals surface area contributed by atoms with Gasteiger partial charge >= 0.3 is 0 Å². The first-order chi connectivity index (χ1) is 11.9. The zero-order chi connectivity index (χ0) is 17.9. The summed E-state index contributed by atoms with van der Waals surface area (Å²) in [6.45, 7) is 3.18. The molecule has 0 saturated carbocycles. The van der Waals surface area contributed by atoms with Crippen LogP contribution >= 0.6 is 0 Å². The molecule has 0 N–H and O–H groups in total. The van der Waals surface area contributed by atoms with Gasteiger partial charge in [-0.05, 0) is 49.9 Å². The van der Waals surface area contributed by atoms with Crippen molar-refractivity contribution in [3.63, 3.8) is 0 Å². The van der Waals surface area contributed by atoms with Crippen LogP contribution in [0.3, 0.4) is 0 Å². The summed E-state index contributed by atoms with van der Waals surface area (Å²) >= 11 is 0. The summed E-state index contributed by atoms with van der Waals surface area (Å²) in [4.78, 5) is 20.7. The van der Waals surface area contributed by atoms with Gasteiger partial charge in [0.15, 0.2) is 0 Å². The number of pyridine rings is 1. The molecular weight excluding hydrogens is 338 g/mol. The molecule has 1 aromatic heterocycles. The van der Waals surface area contributed by atoms with Gasteiger partial charge in [-0.2, -0.15) is 0 Å². The maximum atomic E-state index is 12.4. The van der Waals surface area contributed by atoms with Crippen molar-refractivity contribution in [1.82, 2.24) is 14.8 Å². The van der Waals surface area contributed by atoms with Crippen LogP contribution in [-0.2, 0) is 21.2 Å². The molecule has 3 heterocycles. The van der Waals surface area contributed by atoms with Crippen molar-refractivity contribution >= 4 is 15.7 Å². The first-order valence-electron chi connectivity index (χ1n) is 8.97. The summed E-state index contributed by atoms with van der Waals surface area (Å²) in [5.74, 6) is 0.174. The zero-order valence-electron chi connectivity index (χ0n) is 14.9. The lowest BCUT2D eigenvalue weighted by molar-refractivity contribution is -0.131. The summed E-state index contributed by atoms with van der Waals surface area (Å²) < 4.78 is 23.1. The molecule has 0 aromatic carbocycles. The van der Waals surface area contributed by atoms with Gasteiger partial charge in [0.05, 0.1) is 5.75 Å². The second-order valence-corrected chi connectivity index (χ2v) is 9.64. The lowest BCUT2D eigenvalue weighted by atomic mass is 9.88. The van der Waals surface area contributed by atoms with Gasteiger partial charge in [-0.1, -0.05) is 0 Å². The third-order valence-electron chi connectivity index (χ3n) is 5.53. The number of nitrogens with zero attached hydrogens (tertiary/aromatic N) is 3. The summed E-state index contributed by atoms with van der Waals surface area (Å²) in [6, 6.07) is 4.08. The lowest BCUT2D eigenvalue weighted by Crippen LogP contribution is -2.48. The summed E-state index contributed by atoms with van der Waals surface area (Å²) in [7, 11) is -3.06. The highest BCUT2D eigenvalue weighted by atomic mass is 32.2. The highest BCUT2D eigenvalue weighted by molar-refractivity contribution is 7.90. The van der Waals surface area contributed by atoms with E-state index in [1.54, 1.807) is 0 Å². The van der Waals surface area contributed by atoms with Crippen LogP contribution in [0.15, 0.2) is 24.5 Å². The number of carbonyl (C=O) groups excluding carboxylic acids is 1. The van der Waals surface area contributed by atoms with Crippen molar-refractivity contribution in [1.29, 1.82) is 0 Å².